The number of benzene rings is 10. The number of furan rings is 1. The second-order valence-corrected chi connectivity index (χ2v) is 14.4. The van der Waals surface area contributed by atoms with Gasteiger partial charge in [-0.2, -0.15) is 0 Å². The third kappa shape index (κ3) is 4.66. The lowest BCUT2D eigenvalue weighted by Crippen LogP contribution is -1.99. The molecule has 0 unspecified atom stereocenters. The second-order valence-electron chi connectivity index (χ2n) is 14.4. The normalized spacial score (nSPS) is 11.9. The Morgan fingerprint density at radius 1 is 0.377 bits per heavy atom. The van der Waals surface area contributed by atoms with Crippen LogP contribution in [0.4, 0.5) is 0 Å². The Kier molecular flexibility index (Phi) is 6.48. The van der Waals surface area contributed by atoms with E-state index in [4.69, 9.17) is 12.3 Å². The molecule has 2 radical (unpaired) electrons. The van der Waals surface area contributed by atoms with Crippen LogP contribution in [0, 0.1) is 6.92 Å². The highest BCUT2D eigenvalue weighted by Crippen LogP contribution is 2.46. The molecule has 11 aromatic rings. The molecule has 0 aliphatic rings. The molecule has 0 fully saturated rings. The van der Waals surface area contributed by atoms with E-state index >= 15 is 0 Å². The van der Waals surface area contributed by atoms with Crippen LogP contribution in [0.3, 0.4) is 0 Å². The molecule has 0 aliphatic carbocycles. The Hall–Kier alpha value is -6.64. The lowest BCUT2D eigenvalue weighted by molar-refractivity contribution is 0.669. The predicted molar refractivity (Wildman–Crippen MR) is 227 cm³/mol. The summed E-state index contributed by atoms with van der Waals surface area (Å²) in [4.78, 5) is 0. The zero-order valence-electron chi connectivity index (χ0n) is 29.2. The van der Waals surface area contributed by atoms with Crippen molar-refractivity contribution in [1.82, 2.24) is 0 Å². The van der Waals surface area contributed by atoms with Gasteiger partial charge >= 0.3 is 0 Å². The smallest absolute Gasteiger partial charge is 0.136 e. The highest BCUT2D eigenvalue weighted by Gasteiger charge is 2.19. The number of hydrogen-bond donors (Lipinski definition) is 0. The molecule has 0 spiro atoms. The van der Waals surface area contributed by atoms with E-state index < -0.39 is 0 Å². The first-order valence-corrected chi connectivity index (χ1v) is 18.2. The zero-order valence-corrected chi connectivity index (χ0v) is 29.2. The largest absolute Gasteiger partial charge is 0.456 e. The molecule has 11 rings (SSSR count). The van der Waals surface area contributed by atoms with Gasteiger partial charge in [0, 0.05) is 10.8 Å². The molecule has 0 N–H and O–H groups in total. The SMILES string of the molecule is [B]c1cc2ccc3c(-c4cccc(-c5c6ccccc6c(-c6ccc(-c7ccc8cc(C)ccc8c7)cc6)c6ccccc56)c4)ccc4oc(c1)c2c43. The van der Waals surface area contributed by atoms with Gasteiger partial charge in [-0.1, -0.05) is 157 Å². The van der Waals surface area contributed by atoms with Gasteiger partial charge in [-0.05, 0) is 119 Å². The molecule has 2 heteroatoms. The van der Waals surface area contributed by atoms with Crippen LogP contribution in [0.15, 0.2) is 174 Å². The van der Waals surface area contributed by atoms with E-state index in [1.165, 1.54) is 87.8 Å². The van der Waals surface area contributed by atoms with Crippen LogP contribution >= 0.6 is 0 Å². The number of hydrogen-bond acceptors (Lipinski definition) is 1. The summed E-state index contributed by atoms with van der Waals surface area (Å²) in [7, 11) is 6.21. The maximum atomic E-state index is 6.29. The van der Waals surface area contributed by atoms with E-state index in [1.807, 2.05) is 12.1 Å². The van der Waals surface area contributed by atoms with Crippen molar-refractivity contribution < 1.29 is 4.42 Å². The van der Waals surface area contributed by atoms with E-state index in [0.29, 0.717) is 5.46 Å². The van der Waals surface area contributed by atoms with Crippen LogP contribution in [0.5, 0.6) is 0 Å². The first-order chi connectivity index (χ1) is 26.1. The molecule has 0 bridgehead atoms. The first-order valence-electron chi connectivity index (χ1n) is 18.2. The van der Waals surface area contributed by atoms with Crippen molar-refractivity contribution in [2.75, 3.05) is 0 Å². The minimum absolute atomic E-state index is 0.714. The summed E-state index contributed by atoms with van der Waals surface area (Å²) < 4.78 is 6.29. The summed E-state index contributed by atoms with van der Waals surface area (Å²) in [6.45, 7) is 2.15. The fourth-order valence-electron chi connectivity index (χ4n) is 8.76. The van der Waals surface area contributed by atoms with E-state index in [-0.39, 0.29) is 0 Å². The van der Waals surface area contributed by atoms with Gasteiger partial charge in [0.2, 0.25) is 0 Å². The van der Waals surface area contributed by atoms with Crippen molar-refractivity contribution in [2.24, 2.45) is 0 Å². The van der Waals surface area contributed by atoms with Crippen LogP contribution in [-0.4, -0.2) is 7.85 Å². The van der Waals surface area contributed by atoms with Gasteiger partial charge in [0.15, 0.2) is 0 Å². The lowest BCUT2D eigenvalue weighted by Gasteiger charge is -2.18. The molecule has 0 atom stereocenters. The van der Waals surface area contributed by atoms with E-state index in [2.05, 4.69) is 165 Å². The number of fused-ring (bicyclic) bond motifs is 3. The molecule has 0 aliphatic heterocycles. The number of aryl methyl sites for hydroxylation is 1. The molecule has 244 valence electrons. The molecule has 0 saturated carbocycles. The highest BCUT2D eigenvalue weighted by molar-refractivity contribution is 6.36. The average molecular weight is 671 g/mol. The minimum atomic E-state index is 0.714. The summed E-state index contributed by atoms with van der Waals surface area (Å²) in [5.74, 6) is 0. The zero-order chi connectivity index (χ0) is 35.2. The van der Waals surface area contributed by atoms with Crippen molar-refractivity contribution >= 4 is 78.3 Å². The van der Waals surface area contributed by atoms with Crippen LogP contribution in [-0.2, 0) is 0 Å². The monoisotopic (exact) mass is 670 g/mol. The third-order valence-electron chi connectivity index (χ3n) is 11.2. The van der Waals surface area contributed by atoms with Crippen molar-refractivity contribution in [2.45, 2.75) is 6.92 Å². The Bertz CT molecular complexity index is 3180. The van der Waals surface area contributed by atoms with Gasteiger partial charge in [-0.3, -0.25) is 0 Å². The second kappa shape index (κ2) is 11.4. The summed E-state index contributed by atoms with van der Waals surface area (Å²) >= 11 is 0. The van der Waals surface area contributed by atoms with E-state index in [0.717, 1.165) is 27.3 Å². The van der Waals surface area contributed by atoms with E-state index in [1.54, 1.807) is 0 Å². The van der Waals surface area contributed by atoms with Gasteiger partial charge in [-0.25, -0.2) is 0 Å². The van der Waals surface area contributed by atoms with Crippen LogP contribution in [0.25, 0.3) is 110 Å². The van der Waals surface area contributed by atoms with Crippen molar-refractivity contribution in [3.63, 3.8) is 0 Å². The molecule has 1 heterocycles. The van der Waals surface area contributed by atoms with Crippen molar-refractivity contribution in [1.29, 1.82) is 0 Å². The van der Waals surface area contributed by atoms with Crippen LogP contribution in [0.2, 0.25) is 0 Å². The maximum Gasteiger partial charge on any atom is 0.136 e. The fraction of sp³-hybridized carbons (Fsp3) is 0.0196. The Balaban J connectivity index is 1.07. The quantitative estimate of drug-likeness (QED) is 0.103. The van der Waals surface area contributed by atoms with Crippen LogP contribution < -0.4 is 5.46 Å². The summed E-state index contributed by atoms with van der Waals surface area (Å²) in [5.41, 5.74) is 13.5. The maximum absolute atomic E-state index is 6.29. The molecule has 0 amide bonds. The van der Waals surface area contributed by atoms with Crippen molar-refractivity contribution in [3.05, 3.63) is 175 Å². The summed E-state index contributed by atoms with van der Waals surface area (Å²) in [6, 6.07) is 62.0. The lowest BCUT2D eigenvalue weighted by atomic mass is 9.85. The van der Waals surface area contributed by atoms with Gasteiger partial charge < -0.3 is 4.42 Å². The van der Waals surface area contributed by atoms with Crippen molar-refractivity contribution in [3.8, 4) is 44.5 Å². The van der Waals surface area contributed by atoms with Gasteiger partial charge in [0.1, 0.15) is 19.0 Å². The van der Waals surface area contributed by atoms with Gasteiger partial charge in [-0.15, -0.1) is 0 Å². The molecule has 53 heavy (non-hydrogen) atoms. The van der Waals surface area contributed by atoms with Crippen LogP contribution in [0.1, 0.15) is 5.56 Å². The number of rotatable bonds is 4. The predicted octanol–water partition coefficient (Wildman–Crippen LogP) is 13.4. The van der Waals surface area contributed by atoms with Gasteiger partial charge in [0.25, 0.3) is 0 Å². The topological polar surface area (TPSA) is 13.1 Å². The molecular weight excluding hydrogens is 639 g/mol. The Labute approximate surface area is 308 Å². The molecular formula is C51H31BO. The average Bonchev–Trinajstić information content (AvgIpc) is 3.57. The fourth-order valence-corrected chi connectivity index (χ4v) is 8.76. The standard InChI is InChI=1S/C51H31BO/c1-30-13-14-35-26-34(20-19-33(35)25-30)31-15-17-32(18-16-31)48-41-9-2-4-11-43(41)49(44-12-5-3-10-42(44)48)37-8-6-7-36(27-37)40-23-24-46-51-45(40)22-21-38-28-39(52)29-47(53-46)50(38)51/h2-29H,1H3. The molecule has 10 aromatic carbocycles. The minimum Gasteiger partial charge on any atom is -0.456 e. The van der Waals surface area contributed by atoms with E-state index in [9.17, 15) is 0 Å². The van der Waals surface area contributed by atoms with Gasteiger partial charge in [0.05, 0.1) is 0 Å². The summed E-state index contributed by atoms with van der Waals surface area (Å²) in [5, 5.41) is 12.1. The molecule has 1 nitrogen and oxygen atoms in total. The highest BCUT2D eigenvalue weighted by atomic mass is 16.3. The third-order valence-corrected chi connectivity index (χ3v) is 11.2. The molecule has 0 saturated heterocycles. The first kappa shape index (κ1) is 30.0. The summed E-state index contributed by atoms with van der Waals surface area (Å²) in [6.07, 6.45) is 0. The Morgan fingerprint density at radius 2 is 1.00 bits per heavy atom. The molecule has 1 aromatic heterocycles. The Morgan fingerprint density at radius 3 is 1.75 bits per heavy atom.